The van der Waals surface area contributed by atoms with E-state index < -0.39 is 0 Å². The van der Waals surface area contributed by atoms with Crippen molar-refractivity contribution in [2.45, 2.75) is 19.0 Å². The van der Waals surface area contributed by atoms with Crippen LogP contribution in [0.25, 0.3) is 10.9 Å². The lowest BCUT2D eigenvalue weighted by atomic mass is 10.1. The molecule has 2 atom stereocenters. The molecule has 18 heavy (non-hydrogen) atoms. The molecular weight excluding hydrogens is 233 g/mol. The smallest absolute Gasteiger partial charge is 0.236 e. The van der Waals surface area contributed by atoms with Crippen molar-refractivity contribution in [3.8, 4) is 0 Å². The number of aromatic amines is 1. The van der Waals surface area contributed by atoms with Gasteiger partial charge in [-0.2, -0.15) is 0 Å². The largest absolute Gasteiger partial charge is 0.357 e. The predicted molar refractivity (Wildman–Crippen MR) is 66.6 cm³/mol. The maximum absolute atomic E-state index is 13.1. The van der Waals surface area contributed by atoms with Gasteiger partial charge in [0.2, 0.25) is 5.91 Å². The second-order valence-corrected chi connectivity index (χ2v) is 4.64. The molecule has 1 saturated heterocycles. The van der Waals surface area contributed by atoms with E-state index in [-0.39, 0.29) is 23.8 Å². The van der Waals surface area contributed by atoms with Crippen molar-refractivity contribution in [2.24, 2.45) is 0 Å². The number of benzene rings is 1. The standard InChI is InChI=1S/C13H14FN3O/c1-7-13(18)15-6-12(16-7)11-4-8-2-3-9(14)5-10(8)17-11/h2-5,7,12,16-17H,6H2,1H3,(H,15,18)/t7-,12?/m0/s1. The number of aromatic nitrogens is 1. The van der Waals surface area contributed by atoms with Crippen molar-refractivity contribution in [3.63, 3.8) is 0 Å². The molecule has 4 nitrogen and oxygen atoms in total. The highest BCUT2D eigenvalue weighted by atomic mass is 19.1. The molecule has 1 unspecified atom stereocenters. The second kappa shape index (κ2) is 4.10. The molecule has 3 N–H and O–H groups in total. The quantitative estimate of drug-likeness (QED) is 0.714. The first-order valence-electron chi connectivity index (χ1n) is 5.95. The summed E-state index contributed by atoms with van der Waals surface area (Å²) in [6.07, 6.45) is 0. The molecule has 0 bridgehead atoms. The van der Waals surface area contributed by atoms with E-state index >= 15 is 0 Å². The van der Waals surface area contributed by atoms with Crippen LogP contribution >= 0.6 is 0 Å². The van der Waals surface area contributed by atoms with Crippen LogP contribution in [0.1, 0.15) is 18.7 Å². The Labute approximate surface area is 104 Å². The normalized spacial score (nSPS) is 24.2. The van der Waals surface area contributed by atoms with Crippen molar-refractivity contribution in [1.29, 1.82) is 0 Å². The summed E-state index contributed by atoms with van der Waals surface area (Å²) in [5.74, 6) is -0.248. The zero-order valence-electron chi connectivity index (χ0n) is 9.96. The summed E-state index contributed by atoms with van der Waals surface area (Å²) in [5.41, 5.74) is 1.74. The van der Waals surface area contributed by atoms with Crippen molar-refractivity contribution in [3.05, 3.63) is 35.8 Å². The van der Waals surface area contributed by atoms with Crippen LogP contribution in [0.2, 0.25) is 0 Å². The van der Waals surface area contributed by atoms with Crippen LogP contribution in [0.3, 0.4) is 0 Å². The molecule has 5 heteroatoms. The SMILES string of the molecule is C[C@@H]1NC(c2cc3ccc(F)cc3[nH]2)CNC1=O. The van der Waals surface area contributed by atoms with E-state index in [1.54, 1.807) is 6.07 Å². The van der Waals surface area contributed by atoms with Crippen LogP contribution in [0, 0.1) is 5.82 Å². The van der Waals surface area contributed by atoms with Gasteiger partial charge in [0.25, 0.3) is 0 Å². The van der Waals surface area contributed by atoms with Crippen molar-refractivity contribution in [2.75, 3.05) is 6.54 Å². The fourth-order valence-electron chi connectivity index (χ4n) is 2.30. The highest BCUT2D eigenvalue weighted by Gasteiger charge is 2.25. The molecule has 2 aromatic rings. The van der Waals surface area contributed by atoms with Gasteiger partial charge in [-0.05, 0) is 36.6 Å². The summed E-state index contributed by atoms with van der Waals surface area (Å²) in [6.45, 7) is 2.36. The number of halogens is 1. The first-order valence-corrected chi connectivity index (χ1v) is 5.95. The van der Waals surface area contributed by atoms with E-state index in [1.807, 2.05) is 13.0 Å². The lowest BCUT2D eigenvalue weighted by molar-refractivity contribution is -0.124. The molecule has 1 aliphatic heterocycles. The number of hydrogen-bond acceptors (Lipinski definition) is 2. The fourth-order valence-corrected chi connectivity index (χ4v) is 2.30. The molecule has 3 rings (SSSR count). The van der Waals surface area contributed by atoms with E-state index in [1.165, 1.54) is 12.1 Å². The monoisotopic (exact) mass is 247 g/mol. The van der Waals surface area contributed by atoms with Gasteiger partial charge in [0, 0.05) is 17.8 Å². The summed E-state index contributed by atoms with van der Waals surface area (Å²) >= 11 is 0. The van der Waals surface area contributed by atoms with Crippen molar-refractivity contribution in [1.82, 2.24) is 15.6 Å². The average Bonchev–Trinajstić information content (AvgIpc) is 2.75. The third-order valence-corrected chi connectivity index (χ3v) is 3.31. The minimum atomic E-state index is -0.255. The number of carbonyl (C=O) groups excluding carboxylic acids is 1. The van der Waals surface area contributed by atoms with E-state index in [0.717, 1.165) is 16.6 Å². The Bertz CT molecular complexity index is 607. The highest BCUT2D eigenvalue weighted by molar-refractivity contribution is 5.83. The molecule has 94 valence electrons. The van der Waals surface area contributed by atoms with Crippen LogP contribution < -0.4 is 10.6 Å². The second-order valence-electron chi connectivity index (χ2n) is 4.64. The minimum absolute atomic E-state index is 0.00778. The molecule has 1 amide bonds. The van der Waals surface area contributed by atoms with Gasteiger partial charge in [-0.25, -0.2) is 4.39 Å². The van der Waals surface area contributed by atoms with Crippen LogP contribution in [0.15, 0.2) is 24.3 Å². The number of nitrogens with one attached hydrogen (secondary N) is 3. The Balaban J connectivity index is 1.92. The number of fused-ring (bicyclic) bond motifs is 1. The number of hydrogen-bond donors (Lipinski definition) is 3. The predicted octanol–water partition coefficient (Wildman–Crippen LogP) is 1.46. The van der Waals surface area contributed by atoms with E-state index in [4.69, 9.17) is 0 Å². The third kappa shape index (κ3) is 1.86. The summed E-state index contributed by atoms with van der Waals surface area (Å²) in [5, 5.41) is 7.03. The molecule has 0 aliphatic carbocycles. The highest BCUT2D eigenvalue weighted by Crippen LogP contribution is 2.22. The van der Waals surface area contributed by atoms with Crippen LogP contribution in [-0.4, -0.2) is 23.5 Å². The molecule has 1 aromatic carbocycles. The van der Waals surface area contributed by atoms with Crippen LogP contribution in [0.4, 0.5) is 4.39 Å². The van der Waals surface area contributed by atoms with E-state index in [2.05, 4.69) is 15.6 Å². The Morgan fingerprint density at radius 2 is 2.17 bits per heavy atom. The van der Waals surface area contributed by atoms with Gasteiger partial charge in [0.15, 0.2) is 0 Å². The summed E-state index contributed by atoms with van der Waals surface area (Å²) in [7, 11) is 0. The fraction of sp³-hybridized carbons (Fsp3) is 0.308. The summed E-state index contributed by atoms with van der Waals surface area (Å²) in [4.78, 5) is 14.5. The zero-order valence-corrected chi connectivity index (χ0v) is 9.96. The van der Waals surface area contributed by atoms with Gasteiger partial charge in [-0.1, -0.05) is 0 Å². The molecule has 0 radical (unpaired) electrons. The number of piperazine rings is 1. The third-order valence-electron chi connectivity index (χ3n) is 3.31. The van der Waals surface area contributed by atoms with Crippen molar-refractivity contribution >= 4 is 16.8 Å². The maximum atomic E-state index is 13.1. The molecule has 1 aliphatic rings. The van der Waals surface area contributed by atoms with Gasteiger partial charge < -0.3 is 10.3 Å². The molecular formula is C13H14FN3O. The van der Waals surface area contributed by atoms with Gasteiger partial charge in [-0.15, -0.1) is 0 Å². The molecule has 0 saturated carbocycles. The average molecular weight is 247 g/mol. The topological polar surface area (TPSA) is 56.9 Å². The van der Waals surface area contributed by atoms with Crippen molar-refractivity contribution < 1.29 is 9.18 Å². The maximum Gasteiger partial charge on any atom is 0.236 e. The number of carbonyl (C=O) groups is 1. The lowest BCUT2D eigenvalue weighted by Crippen LogP contribution is -2.53. The van der Waals surface area contributed by atoms with Crippen LogP contribution in [-0.2, 0) is 4.79 Å². The molecule has 1 fully saturated rings. The molecule has 0 spiro atoms. The Kier molecular flexibility index (Phi) is 2.56. The number of H-pyrrole nitrogens is 1. The zero-order chi connectivity index (χ0) is 12.7. The van der Waals surface area contributed by atoms with Gasteiger partial charge in [-0.3, -0.25) is 10.1 Å². The first-order chi connectivity index (χ1) is 8.63. The summed E-state index contributed by atoms with van der Waals surface area (Å²) < 4.78 is 13.1. The van der Waals surface area contributed by atoms with Crippen LogP contribution in [0.5, 0.6) is 0 Å². The Hall–Kier alpha value is -1.88. The van der Waals surface area contributed by atoms with Gasteiger partial charge >= 0.3 is 0 Å². The number of amides is 1. The molecule has 1 aromatic heterocycles. The van der Waals surface area contributed by atoms with Gasteiger partial charge in [0.1, 0.15) is 5.82 Å². The van der Waals surface area contributed by atoms with E-state index in [9.17, 15) is 9.18 Å². The lowest BCUT2D eigenvalue weighted by Gasteiger charge is -2.28. The molecule has 2 heterocycles. The summed E-state index contributed by atoms with van der Waals surface area (Å²) in [6, 6.07) is 6.47. The van der Waals surface area contributed by atoms with E-state index in [0.29, 0.717) is 6.54 Å². The number of rotatable bonds is 1. The Morgan fingerprint density at radius 3 is 2.94 bits per heavy atom. The van der Waals surface area contributed by atoms with Gasteiger partial charge in [0.05, 0.1) is 12.1 Å². The Morgan fingerprint density at radius 1 is 1.33 bits per heavy atom. The minimum Gasteiger partial charge on any atom is -0.357 e. The first kappa shape index (κ1) is 11.2.